The van der Waals surface area contributed by atoms with E-state index in [9.17, 15) is 9.18 Å². The lowest BCUT2D eigenvalue weighted by molar-refractivity contribution is -0.115. The van der Waals surface area contributed by atoms with Crippen LogP contribution in [-0.2, 0) is 17.8 Å². The zero-order valence-electron chi connectivity index (χ0n) is 15.6. The van der Waals surface area contributed by atoms with Crippen molar-refractivity contribution in [3.63, 3.8) is 0 Å². The molecule has 0 aliphatic rings. The number of rotatable bonds is 7. The number of benzene rings is 2. The highest BCUT2D eigenvalue weighted by Gasteiger charge is 2.15. The van der Waals surface area contributed by atoms with Crippen LogP contribution < -0.4 is 10.1 Å². The Hall–Kier alpha value is -3.23. The Balaban J connectivity index is 1.39. The molecule has 0 aliphatic carbocycles. The largest absolute Gasteiger partial charge is 0.486 e. The van der Waals surface area contributed by atoms with Crippen molar-refractivity contribution >= 4 is 34.5 Å². The van der Waals surface area contributed by atoms with E-state index in [2.05, 4.69) is 15.4 Å². The zero-order valence-corrected chi connectivity index (χ0v) is 17.2. The van der Waals surface area contributed by atoms with E-state index in [1.54, 1.807) is 60.2 Å². The third kappa shape index (κ3) is 4.84. The van der Waals surface area contributed by atoms with Gasteiger partial charge >= 0.3 is 0 Å². The molecule has 0 aliphatic heterocycles. The van der Waals surface area contributed by atoms with Crippen molar-refractivity contribution in [2.24, 2.45) is 0 Å². The van der Waals surface area contributed by atoms with Crippen molar-refractivity contribution < 1.29 is 13.9 Å². The van der Waals surface area contributed by atoms with E-state index in [1.165, 1.54) is 22.1 Å². The highest BCUT2D eigenvalue weighted by atomic mass is 35.5. The summed E-state index contributed by atoms with van der Waals surface area (Å²) in [7, 11) is 0. The Kier molecular flexibility index (Phi) is 6.06. The molecule has 30 heavy (non-hydrogen) atoms. The van der Waals surface area contributed by atoms with Crippen LogP contribution in [0, 0.1) is 5.82 Å². The van der Waals surface area contributed by atoms with E-state index < -0.39 is 5.82 Å². The minimum Gasteiger partial charge on any atom is -0.486 e. The lowest BCUT2D eigenvalue weighted by Crippen LogP contribution is -2.17. The van der Waals surface area contributed by atoms with E-state index in [4.69, 9.17) is 16.3 Å². The lowest BCUT2D eigenvalue weighted by atomic mass is 10.2. The van der Waals surface area contributed by atoms with Crippen molar-refractivity contribution in [1.29, 1.82) is 0 Å². The number of amides is 1. The minimum absolute atomic E-state index is 0.0182. The number of para-hydroxylation sites is 1. The van der Waals surface area contributed by atoms with Gasteiger partial charge in [-0.2, -0.15) is 5.10 Å². The summed E-state index contributed by atoms with van der Waals surface area (Å²) in [6.07, 6.45) is 3.28. The standard InChI is InChI=1S/C21H16ClFN4O2S/c22-14-5-7-16(8-6-14)29-12-20-25-15(13-30-20)11-19(28)26-21-17(23)3-1-4-18(21)27-10-2-9-24-27/h1-10,13H,11-12H2,(H,26,28). The average Bonchev–Trinajstić information content (AvgIpc) is 3.41. The van der Waals surface area contributed by atoms with Gasteiger partial charge in [0.25, 0.3) is 0 Å². The van der Waals surface area contributed by atoms with E-state index in [0.717, 1.165) is 5.01 Å². The molecular weight excluding hydrogens is 427 g/mol. The number of thiazole rings is 1. The number of hydrogen-bond donors (Lipinski definition) is 1. The lowest BCUT2D eigenvalue weighted by Gasteiger charge is -2.11. The van der Waals surface area contributed by atoms with Crippen LogP contribution in [0.25, 0.3) is 5.69 Å². The van der Waals surface area contributed by atoms with Gasteiger partial charge in [0.1, 0.15) is 28.9 Å². The van der Waals surface area contributed by atoms with Crippen molar-refractivity contribution in [3.05, 3.63) is 87.8 Å². The van der Waals surface area contributed by atoms with E-state index in [0.29, 0.717) is 22.2 Å². The van der Waals surface area contributed by atoms with Gasteiger partial charge in [0.15, 0.2) is 0 Å². The van der Waals surface area contributed by atoms with E-state index in [-0.39, 0.29) is 24.6 Å². The summed E-state index contributed by atoms with van der Waals surface area (Å²) in [6, 6.07) is 13.3. The fourth-order valence-corrected chi connectivity index (χ4v) is 3.59. The summed E-state index contributed by atoms with van der Waals surface area (Å²) in [6.45, 7) is 0.282. The average molecular weight is 443 g/mol. The molecule has 152 valence electrons. The number of anilines is 1. The number of halogens is 2. The van der Waals surface area contributed by atoms with Crippen molar-refractivity contribution in [1.82, 2.24) is 14.8 Å². The van der Waals surface area contributed by atoms with Crippen molar-refractivity contribution in [2.45, 2.75) is 13.0 Å². The predicted molar refractivity (Wildman–Crippen MR) is 114 cm³/mol. The van der Waals surface area contributed by atoms with Crippen LogP contribution in [0.1, 0.15) is 10.7 Å². The van der Waals surface area contributed by atoms with Gasteiger partial charge in [-0.3, -0.25) is 4.79 Å². The predicted octanol–water partition coefficient (Wildman–Crippen LogP) is 4.88. The summed E-state index contributed by atoms with van der Waals surface area (Å²) in [5, 5.41) is 9.89. The van der Waals surface area contributed by atoms with Gasteiger partial charge in [0, 0.05) is 22.8 Å². The molecule has 4 aromatic rings. The number of nitrogens with one attached hydrogen (secondary N) is 1. The quantitative estimate of drug-likeness (QED) is 0.443. The molecule has 0 saturated carbocycles. The first kappa shape index (κ1) is 20.1. The van der Waals surface area contributed by atoms with Gasteiger partial charge in [-0.25, -0.2) is 14.1 Å². The van der Waals surface area contributed by atoms with Gasteiger partial charge in [0.05, 0.1) is 17.8 Å². The molecule has 0 bridgehead atoms. The molecule has 2 aromatic carbocycles. The van der Waals surface area contributed by atoms with Crippen LogP contribution in [0.5, 0.6) is 5.75 Å². The highest BCUT2D eigenvalue weighted by molar-refractivity contribution is 7.09. The fraction of sp³-hybridized carbons (Fsp3) is 0.0952. The normalized spacial score (nSPS) is 10.7. The SMILES string of the molecule is O=C(Cc1csc(COc2ccc(Cl)cc2)n1)Nc1c(F)cccc1-n1cccn1. The topological polar surface area (TPSA) is 69.0 Å². The third-order valence-corrected chi connectivity index (χ3v) is 5.25. The van der Waals surface area contributed by atoms with Gasteiger partial charge in [-0.15, -0.1) is 11.3 Å². The second kappa shape index (κ2) is 9.06. The number of aromatic nitrogens is 3. The van der Waals surface area contributed by atoms with Crippen LogP contribution in [0.2, 0.25) is 5.02 Å². The molecule has 0 unspecified atom stereocenters. The van der Waals surface area contributed by atoms with Crippen LogP contribution in [0.15, 0.2) is 66.3 Å². The first-order valence-corrected chi connectivity index (χ1v) is 10.2. The van der Waals surface area contributed by atoms with Gasteiger partial charge in [0.2, 0.25) is 5.91 Å². The molecule has 1 amide bonds. The third-order valence-electron chi connectivity index (χ3n) is 4.12. The molecule has 1 N–H and O–H groups in total. The van der Waals surface area contributed by atoms with Crippen molar-refractivity contribution in [3.8, 4) is 11.4 Å². The van der Waals surface area contributed by atoms with E-state index >= 15 is 0 Å². The molecule has 2 aromatic heterocycles. The van der Waals surface area contributed by atoms with Crippen LogP contribution in [-0.4, -0.2) is 20.7 Å². The van der Waals surface area contributed by atoms with Gasteiger partial charge in [-0.05, 0) is 42.5 Å². The molecular formula is C21H16ClFN4O2S. The molecule has 4 rings (SSSR count). The molecule has 0 radical (unpaired) electrons. The molecule has 2 heterocycles. The van der Waals surface area contributed by atoms with Crippen LogP contribution >= 0.6 is 22.9 Å². The number of ether oxygens (including phenoxy) is 1. The maximum absolute atomic E-state index is 14.3. The fourth-order valence-electron chi connectivity index (χ4n) is 2.76. The Labute approximate surface area is 180 Å². The number of carbonyl (C=O) groups excluding carboxylic acids is 1. The monoisotopic (exact) mass is 442 g/mol. The van der Waals surface area contributed by atoms with Gasteiger partial charge < -0.3 is 10.1 Å². The molecule has 6 nitrogen and oxygen atoms in total. The summed E-state index contributed by atoms with van der Waals surface area (Å²) in [4.78, 5) is 16.9. The Morgan fingerprint density at radius 2 is 2.03 bits per heavy atom. The minimum atomic E-state index is -0.535. The van der Waals surface area contributed by atoms with Crippen LogP contribution in [0.4, 0.5) is 10.1 Å². The molecule has 0 fully saturated rings. The molecule has 9 heteroatoms. The van der Waals surface area contributed by atoms with E-state index in [1.807, 2.05) is 0 Å². The summed E-state index contributed by atoms with van der Waals surface area (Å²) < 4.78 is 21.5. The summed E-state index contributed by atoms with van der Waals surface area (Å²) in [5.41, 5.74) is 1.11. The first-order valence-electron chi connectivity index (χ1n) is 8.98. The Morgan fingerprint density at radius 3 is 2.80 bits per heavy atom. The number of nitrogens with zero attached hydrogens (tertiary/aromatic N) is 3. The second-order valence-corrected chi connectivity index (χ2v) is 7.66. The maximum atomic E-state index is 14.3. The summed E-state index contributed by atoms with van der Waals surface area (Å²) >= 11 is 7.25. The smallest absolute Gasteiger partial charge is 0.230 e. The molecule has 0 spiro atoms. The maximum Gasteiger partial charge on any atom is 0.230 e. The number of hydrogen-bond acceptors (Lipinski definition) is 5. The second-order valence-electron chi connectivity index (χ2n) is 6.28. The summed E-state index contributed by atoms with van der Waals surface area (Å²) in [5.74, 6) is -0.227. The van der Waals surface area contributed by atoms with Crippen LogP contribution in [0.3, 0.4) is 0 Å². The van der Waals surface area contributed by atoms with Gasteiger partial charge in [-0.1, -0.05) is 17.7 Å². The Bertz CT molecular complexity index is 1150. The van der Waals surface area contributed by atoms with Crippen molar-refractivity contribution in [2.75, 3.05) is 5.32 Å². The Morgan fingerprint density at radius 1 is 1.20 bits per heavy atom. The zero-order chi connectivity index (χ0) is 20.9. The highest BCUT2D eigenvalue weighted by Crippen LogP contribution is 2.24. The first-order chi connectivity index (χ1) is 14.6. The number of carbonyl (C=O) groups is 1. The molecule has 0 atom stereocenters. The molecule has 0 saturated heterocycles.